The van der Waals surface area contributed by atoms with Crippen molar-refractivity contribution in [2.75, 3.05) is 20.6 Å². The Morgan fingerprint density at radius 3 is 2.50 bits per heavy atom. The van der Waals surface area contributed by atoms with E-state index in [1.807, 2.05) is 0 Å². The van der Waals surface area contributed by atoms with Gasteiger partial charge < -0.3 is 20.2 Å². The van der Waals surface area contributed by atoms with Crippen molar-refractivity contribution in [3.63, 3.8) is 0 Å². The molecule has 1 fully saturated rings. The van der Waals surface area contributed by atoms with Crippen molar-refractivity contribution in [2.45, 2.75) is 31.8 Å². The second kappa shape index (κ2) is 5.70. The topological polar surface area (TPSA) is 90.0 Å². The third-order valence-electron chi connectivity index (χ3n) is 2.95. The summed E-state index contributed by atoms with van der Waals surface area (Å²) in [5.74, 6) is -1.23. The van der Waals surface area contributed by atoms with Crippen LogP contribution in [-0.2, 0) is 9.59 Å². The van der Waals surface area contributed by atoms with Gasteiger partial charge in [0.05, 0.1) is 0 Å². The highest BCUT2D eigenvalue weighted by Crippen LogP contribution is 2.17. The quantitative estimate of drug-likeness (QED) is 0.727. The van der Waals surface area contributed by atoms with E-state index in [1.54, 1.807) is 21.0 Å². The van der Waals surface area contributed by atoms with Crippen molar-refractivity contribution in [2.24, 2.45) is 0 Å². The molecule has 0 saturated carbocycles. The standard InChI is InChI=1S/C11H19N3O4/c1-7(9(15)13(2)3)12-11(18)14-6-4-5-8(14)10(16)17/h7-8H,4-6H2,1-3H3,(H,12,18)(H,16,17)/t7?,8-/m0/s1. The molecule has 1 heterocycles. The number of rotatable bonds is 3. The molecular formula is C11H19N3O4. The molecule has 3 amide bonds. The zero-order valence-electron chi connectivity index (χ0n) is 10.8. The van der Waals surface area contributed by atoms with Crippen LogP contribution in [0.4, 0.5) is 4.79 Å². The van der Waals surface area contributed by atoms with Gasteiger partial charge in [0.1, 0.15) is 12.1 Å². The number of nitrogens with zero attached hydrogens (tertiary/aromatic N) is 2. The maximum atomic E-state index is 11.9. The largest absolute Gasteiger partial charge is 0.480 e. The zero-order chi connectivity index (χ0) is 13.9. The Hall–Kier alpha value is -1.79. The molecule has 7 nitrogen and oxygen atoms in total. The molecule has 0 aromatic carbocycles. The second-order valence-electron chi connectivity index (χ2n) is 4.59. The molecule has 1 aliphatic heterocycles. The number of likely N-dealkylation sites (N-methyl/N-ethyl adjacent to an activating group) is 1. The van der Waals surface area contributed by atoms with Gasteiger partial charge >= 0.3 is 12.0 Å². The van der Waals surface area contributed by atoms with Crippen molar-refractivity contribution in [1.29, 1.82) is 0 Å². The number of urea groups is 1. The molecule has 102 valence electrons. The summed E-state index contributed by atoms with van der Waals surface area (Å²) in [4.78, 5) is 37.1. The van der Waals surface area contributed by atoms with Crippen LogP contribution >= 0.6 is 0 Å². The van der Waals surface area contributed by atoms with Crippen LogP contribution in [0, 0.1) is 0 Å². The Bertz CT molecular complexity index is 356. The van der Waals surface area contributed by atoms with E-state index in [1.165, 1.54) is 9.80 Å². The molecule has 1 aliphatic rings. The predicted molar refractivity (Wildman–Crippen MR) is 64.1 cm³/mol. The number of carbonyl (C=O) groups is 3. The number of hydrogen-bond donors (Lipinski definition) is 2. The van der Waals surface area contributed by atoms with Gasteiger partial charge in [-0.3, -0.25) is 4.79 Å². The second-order valence-corrected chi connectivity index (χ2v) is 4.59. The first-order chi connectivity index (χ1) is 8.34. The normalized spacial score (nSPS) is 20.4. The van der Waals surface area contributed by atoms with Gasteiger partial charge in [-0.15, -0.1) is 0 Å². The fourth-order valence-corrected chi connectivity index (χ4v) is 1.98. The van der Waals surface area contributed by atoms with Crippen LogP contribution in [0.3, 0.4) is 0 Å². The van der Waals surface area contributed by atoms with Crippen LogP contribution in [0.25, 0.3) is 0 Å². The molecule has 1 unspecified atom stereocenters. The summed E-state index contributed by atoms with van der Waals surface area (Å²) >= 11 is 0. The SMILES string of the molecule is CC(NC(=O)N1CCC[C@H]1C(=O)O)C(=O)N(C)C. The van der Waals surface area contributed by atoms with Crippen molar-refractivity contribution in [3.8, 4) is 0 Å². The smallest absolute Gasteiger partial charge is 0.326 e. The summed E-state index contributed by atoms with van der Waals surface area (Å²) in [5.41, 5.74) is 0. The van der Waals surface area contributed by atoms with E-state index >= 15 is 0 Å². The monoisotopic (exact) mass is 257 g/mol. The number of carbonyl (C=O) groups excluding carboxylic acids is 2. The summed E-state index contributed by atoms with van der Waals surface area (Å²) in [6.45, 7) is 1.98. The first-order valence-electron chi connectivity index (χ1n) is 5.85. The minimum atomic E-state index is -1.01. The van der Waals surface area contributed by atoms with Crippen molar-refractivity contribution < 1.29 is 19.5 Å². The van der Waals surface area contributed by atoms with Crippen LogP contribution in [0.2, 0.25) is 0 Å². The van der Waals surface area contributed by atoms with Crippen molar-refractivity contribution in [3.05, 3.63) is 0 Å². The van der Waals surface area contributed by atoms with Gasteiger partial charge in [-0.05, 0) is 19.8 Å². The number of carboxylic acid groups (broad SMARTS) is 1. The first kappa shape index (κ1) is 14.3. The van der Waals surface area contributed by atoms with Gasteiger partial charge in [0.15, 0.2) is 0 Å². The van der Waals surface area contributed by atoms with Gasteiger partial charge in [0.2, 0.25) is 5.91 Å². The predicted octanol–water partition coefficient (Wildman–Crippen LogP) is -0.278. The van der Waals surface area contributed by atoms with E-state index in [0.717, 1.165) is 0 Å². The molecule has 0 bridgehead atoms. The molecule has 7 heteroatoms. The Morgan fingerprint density at radius 1 is 1.39 bits per heavy atom. The molecule has 1 saturated heterocycles. The number of carboxylic acids is 1. The lowest BCUT2D eigenvalue weighted by atomic mass is 10.2. The molecule has 0 aliphatic carbocycles. The molecule has 0 radical (unpaired) electrons. The number of nitrogens with one attached hydrogen (secondary N) is 1. The van der Waals surface area contributed by atoms with E-state index in [-0.39, 0.29) is 5.91 Å². The summed E-state index contributed by atoms with van der Waals surface area (Å²) in [6.07, 6.45) is 1.12. The van der Waals surface area contributed by atoms with Crippen LogP contribution in [-0.4, -0.2) is 65.5 Å². The van der Waals surface area contributed by atoms with Gasteiger partial charge in [-0.25, -0.2) is 9.59 Å². The highest BCUT2D eigenvalue weighted by atomic mass is 16.4. The van der Waals surface area contributed by atoms with Crippen LogP contribution < -0.4 is 5.32 Å². The fourth-order valence-electron chi connectivity index (χ4n) is 1.98. The van der Waals surface area contributed by atoms with Gasteiger partial charge in [-0.1, -0.05) is 0 Å². The van der Waals surface area contributed by atoms with Crippen molar-refractivity contribution >= 4 is 17.9 Å². The van der Waals surface area contributed by atoms with Gasteiger partial charge in [0, 0.05) is 20.6 Å². The number of amides is 3. The van der Waals surface area contributed by atoms with Crippen LogP contribution in [0.15, 0.2) is 0 Å². The lowest BCUT2D eigenvalue weighted by Gasteiger charge is -2.25. The highest BCUT2D eigenvalue weighted by molar-refractivity contribution is 5.88. The molecule has 2 N–H and O–H groups in total. The first-order valence-corrected chi connectivity index (χ1v) is 5.85. The summed E-state index contributed by atoms with van der Waals surface area (Å²) in [5, 5.41) is 11.5. The highest BCUT2D eigenvalue weighted by Gasteiger charge is 2.34. The molecule has 2 atom stereocenters. The van der Waals surface area contributed by atoms with Crippen molar-refractivity contribution in [1.82, 2.24) is 15.1 Å². The van der Waals surface area contributed by atoms with Gasteiger partial charge in [0.25, 0.3) is 0 Å². The molecule has 0 spiro atoms. The third-order valence-corrected chi connectivity index (χ3v) is 2.95. The van der Waals surface area contributed by atoms with E-state index in [2.05, 4.69) is 5.32 Å². The number of likely N-dealkylation sites (tertiary alicyclic amines) is 1. The lowest BCUT2D eigenvalue weighted by molar-refractivity contribution is -0.141. The number of aliphatic carboxylic acids is 1. The van der Waals surface area contributed by atoms with E-state index < -0.39 is 24.1 Å². The molecule has 0 aromatic rings. The maximum Gasteiger partial charge on any atom is 0.326 e. The maximum absolute atomic E-state index is 11.9. The summed E-state index contributed by atoms with van der Waals surface area (Å²) in [6, 6.07) is -1.95. The molecule has 0 aromatic heterocycles. The Labute approximate surface area is 106 Å². The summed E-state index contributed by atoms with van der Waals surface area (Å²) < 4.78 is 0. The third kappa shape index (κ3) is 3.12. The number of hydrogen-bond acceptors (Lipinski definition) is 3. The van der Waals surface area contributed by atoms with E-state index in [9.17, 15) is 14.4 Å². The Morgan fingerprint density at radius 2 is 2.00 bits per heavy atom. The minimum Gasteiger partial charge on any atom is -0.480 e. The minimum absolute atomic E-state index is 0.227. The average Bonchev–Trinajstić information content (AvgIpc) is 2.76. The van der Waals surface area contributed by atoms with E-state index in [0.29, 0.717) is 19.4 Å². The van der Waals surface area contributed by atoms with Gasteiger partial charge in [-0.2, -0.15) is 0 Å². The molecular weight excluding hydrogens is 238 g/mol. The Kier molecular flexibility index (Phi) is 4.52. The zero-order valence-corrected chi connectivity index (χ0v) is 10.8. The lowest BCUT2D eigenvalue weighted by Crippen LogP contribution is -2.52. The molecule has 1 rings (SSSR count). The average molecular weight is 257 g/mol. The summed E-state index contributed by atoms with van der Waals surface area (Å²) in [7, 11) is 3.20. The Balaban J connectivity index is 2.60. The molecule has 18 heavy (non-hydrogen) atoms. The van der Waals surface area contributed by atoms with Crippen LogP contribution in [0.5, 0.6) is 0 Å². The van der Waals surface area contributed by atoms with Crippen LogP contribution in [0.1, 0.15) is 19.8 Å². The fraction of sp³-hybridized carbons (Fsp3) is 0.727. The van der Waals surface area contributed by atoms with E-state index in [4.69, 9.17) is 5.11 Å².